The van der Waals surface area contributed by atoms with Crippen LogP contribution in [0.2, 0.25) is 0 Å². The van der Waals surface area contributed by atoms with Crippen molar-refractivity contribution < 1.29 is 9.50 Å². The highest BCUT2D eigenvalue weighted by atomic mass is 79.9. The van der Waals surface area contributed by atoms with Gasteiger partial charge in [-0.25, -0.2) is 4.39 Å². The van der Waals surface area contributed by atoms with Gasteiger partial charge in [0.1, 0.15) is 11.9 Å². The maximum atomic E-state index is 13.1. The summed E-state index contributed by atoms with van der Waals surface area (Å²) in [6, 6.07) is 10.2. The number of halogens is 2. The van der Waals surface area contributed by atoms with Gasteiger partial charge in [0.15, 0.2) is 0 Å². The van der Waals surface area contributed by atoms with Gasteiger partial charge in [0.2, 0.25) is 0 Å². The fourth-order valence-electron chi connectivity index (χ4n) is 2.02. The summed E-state index contributed by atoms with van der Waals surface area (Å²) >= 11 is 3.40. The molecular weight excluding hydrogens is 295 g/mol. The van der Waals surface area contributed by atoms with Crippen molar-refractivity contribution in [2.45, 2.75) is 20.0 Å². The lowest BCUT2D eigenvalue weighted by molar-refractivity contribution is 0.218. The summed E-state index contributed by atoms with van der Waals surface area (Å²) in [6.45, 7) is 3.75. The van der Waals surface area contributed by atoms with E-state index in [1.807, 2.05) is 25.1 Å². The SMILES string of the molecule is Cc1cc(F)ccc1C(O)c1cc(Br)ccc1C. The molecular formula is C15H14BrFO. The first kappa shape index (κ1) is 13.2. The van der Waals surface area contributed by atoms with E-state index in [0.29, 0.717) is 0 Å². The van der Waals surface area contributed by atoms with Gasteiger partial charge in [-0.1, -0.05) is 28.1 Å². The van der Waals surface area contributed by atoms with E-state index in [0.717, 1.165) is 26.7 Å². The molecule has 1 atom stereocenters. The van der Waals surface area contributed by atoms with Crippen LogP contribution in [0.5, 0.6) is 0 Å². The summed E-state index contributed by atoms with van der Waals surface area (Å²) in [4.78, 5) is 0. The number of rotatable bonds is 2. The predicted octanol–water partition coefficient (Wildman–Crippen LogP) is 4.29. The van der Waals surface area contributed by atoms with Crippen molar-refractivity contribution in [1.29, 1.82) is 0 Å². The van der Waals surface area contributed by atoms with Crippen LogP contribution in [0, 0.1) is 19.7 Å². The zero-order valence-electron chi connectivity index (χ0n) is 10.2. The van der Waals surface area contributed by atoms with Crippen molar-refractivity contribution in [3.8, 4) is 0 Å². The van der Waals surface area contributed by atoms with Crippen molar-refractivity contribution in [3.63, 3.8) is 0 Å². The van der Waals surface area contributed by atoms with Gasteiger partial charge in [0.05, 0.1) is 0 Å². The van der Waals surface area contributed by atoms with Crippen LogP contribution in [0.3, 0.4) is 0 Å². The second-order valence-electron chi connectivity index (χ2n) is 4.40. The van der Waals surface area contributed by atoms with E-state index >= 15 is 0 Å². The molecule has 0 saturated heterocycles. The molecule has 0 bridgehead atoms. The van der Waals surface area contributed by atoms with Crippen LogP contribution in [0.1, 0.15) is 28.4 Å². The van der Waals surface area contributed by atoms with Crippen LogP contribution >= 0.6 is 15.9 Å². The largest absolute Gasteiger partial charge is 0.384 e. The molecule has 0 spiro atoms. The Morgan fingerprint density at radius 2 is 1.72 bits per heavy atom. The zero-order chi connectivity index (χ0) is 13.3. The summed E-state index contributed by atoms with van der Waals surface area (Å²) in [7, 11) is 0. The lowest BCUT2D eigenvalue weighted by Gasteiger charge is -2.16. The molecule has 0 aliphatic carbocycles. The Morgan fingerprint density at radius 1 is 1.00 bits per heavy atom. The van der Waals surface area contributed by atoms with Crippen molar-refractivity contribution in [1.82, 2.24) is 0 Å². The van der Waals surface area contributed by atoms with E-state index in [9.17, 15) is 9.50 Å². The third-order valence-corrected chi connectivity index (χ3v) is 3.56. The minimum absolute atomic E-state index is 0.283. The first-order chi connectivity index (χ1) is 8.49. The van der Waals surface area contributed by atoms with Crippen molar-refractivity contribution in [2.75, 3.05) is 0 Å². The summed E-state index contributed by atoms with van der Waals surface area (Å²) in [5.74, 6) is -0.283. The highest BCUT2D eigenvalue weighted by Crippen LogP contribution is 2.29. The van der Waals surface area contributed by atoms with Crippen LogP contribution in [0.4, 0.5) is 4.39 Å². The molecule has 3 heteroatoms. The molecule has 1 N–H and O–H groups in total. The number of benzene rings is 2. The van der Waals surface area contributed by atoms with Crippen LogP contribution in [-0.2, 0) is 0 Å². The Labute approximate surface area is 114 Å². The third-order valence-electron chi connectivity index (χ3n) is 3.06. The van der Waals surface area contributed by atoms with Crippen LogP contribution in [0.25, 0.3) is 0 Å². The van der Waals surface area contributed by atoms with Crippen LogP contribution in [0.15, 0.2) is 40.9 Å². The highest BCUT2D eigenvalue weighted by molar-refractivity contribution is 9.10. The van der Waals surface area contributed by atoms with Gasteiger partial charge in [0, 0.05) is 4.47 Å². The molecule has 18 heavy (non-hydrogen) atoms. The topological polar surface area (TPSA) is 20.2 Å². The minimum atomic E-state index is -0.733. The molecule has 0 saturated carbocycles. The van der Waals surface area contributed by atoms with Gasteiger partial charge < -0.3 is 5.11 Å². The molecule has 0 aliphatic rings. The Hall–Kier alpha value is -1.19. The molecule has 0 amide bonds. The second-order valence-corrected chi connectivity index (χ2v) is 5.32. The molecule has 0 heterocycles. The maximum absolute atomic E-state index is 13.1. The summed E-state index contributed by atoms with van der Waals surface area (Å²) in [5, 5.41) is 10.4. The number of hydrogen-bond donors (Lipinski definition) is 1. The van der Waals surface area contributed by atoms with E-state index < -0.39 is 6.10 Å². The minimum Gasteiger partial charge on any atom is -0.384 e. The summed E-state index contributed by atoms with van der Waals surface area (Å²) in [6.07, 6.45) is -0.733. The quantitative estimate of drug-likeness (QED) is 0.877. The first-order valence-electron chi connectivity index (χ1n) is 5.69. The Balaban J connectivity index is 2.47. The molecule has 94 valence electrons. The predicted molar refractivity (Wildman–Crippen MR) is 74.1 cm³/mol. The highest BCUT2D eigenvalue weighted by Gasteiger charge is 2.15. The van der Waals surface area contributed by atoms with Gasteiger partial charge in [-0.15, -0.1) is 0 Å². The maximum Gasteiger partial charge on any atom is 0.123 e. The number of aliphatic hydroxyl groups is 1. The van der Waals surface area contributed by atoms with Crippen molar-refractivity contribution >= 4 is 15.9 Å². The van der Waals surface area contributed by atoms with Crippen LogP contribution in [-0.4, -0.2) is 5.11 Å². The monoisotopic (exact) mass is 308 g/mol. The third kappa shape index (κ3) is 2.62. The Kier molecular flexibility index (Phi) is 3.83. The Morgan fingerprint density at radius 3 is 2.39 bits per heavy atom. The number of hydrogen-bond acceptors (Lipinski definition) is 1. The molecule has 0 radical (unpaired) electrons. The van der Waals surface area contributed by atoms with Gasteiger partial charge in [-0.05, 0) is 60.4 Å². The lowest BCUT2D eigenvalue weighted by atomic mass is 9.94. The standard InChI is InChI=1S/C15H14BrFO/c1-9-3-4-11(16)8-14(9)15(18)13-6-5-12(17)7-10(13)2/h3-8,15,18H,1-2H3. The normalized spacial score (nSPS) is 12.5. The summed E-state index contributed by atoms with van der Waals surface area (Å²) in [5.41, 5.74) is 3.33. The van der Waals surface area contributed by atoms with E-state index in [2.05, 4.69) is 15.9 Å². The molecule has 1 nitrogen and oxygen atoms in total. The van der Waals surface area contributed by atoms with E-state index in [-0.39, 0.29) is 5.82 Å². The molecule has 2 aromatic carbocycles. The van der Waals surface area contributed by atoms with Gasteiger partial charge in [-0.2, -0.15) is 0 Å². The van der Waals surface area contributed by atoms with Crippen molar-refractivity contribution in [3.05, 3.63) is 68.9 Å². The fraction of sp³-hybridized carbons (Fsp3) is 0.200. The molecule has 0 aliphatic heterocycles. The second kappa shape index (κ2) is 5.21. The van der Waals surface area contributed by atoms with E-state index in [1.54, 1.807) is 13.0 Å². The average Bonchev–Trinajstić information content (AvgIpc) is 2.31. The fourth-order valence-corrected chi connectivity index (χ4v) is 2.40. The molecule has 0 aromatic heterocycles. The van der Waals surface area contributed by atoms with Crippen LogP contribution < -0.4 is 0 Å². The van der Waals surface area contributed by atoms with Gasteiger partial charge in [0.25, 0.3) is 0 Å². The number of aryl methyl sites for hydroxylation is 2. The summed E-state index contributed by atoms with van der Waals surface area (Å²) < 4.78 is 14.0. The first-order valence-corrected chi connectivity index (χ1v) is 6.48. The Bertz CT molecular complexity index is 581. The van der Waals surface area contributed by atoms with Gasteiger partial charge >= 0.3 is 0 Å². The average molecular weight is 309 g/mol. The van der Waals surface area contributed by atoms with E-state index in [1.165, 1.54) is 12.1 Å². The van der Waals surface area contributed by atoms with Crippen molar-refractivity contribution in [2.24, 2.45) is 0 Å². The zero-order valence-corrected chi connectivity index (χ0v) is 11.8. The molecule has 2 aromatic rings. The number of aliphatic hydroxyl groups excluding tert-OH is 1. The molecule has 0 fully saturated rings. The lowest BCUT2D eigenvalue weighted by Crippen LogP contribution is -2.04. The van der Waals surface area contributed by atoms with Gasteiger partial charge in [-0.3, -0.25) is 0 Å². The van der Waals surface area contributed by atoms with E-state index in [4.69, 9.17) is 0 Å². The molecule has 2 rings (SSSR count). The molecule has 1 unspecified atom stereocenters. The smallest absolute Gasteiger partial charge is 0.123 e.